The van der Waals surface area contributed by atoms with Crippen LogP contribution in [0.25, 0.3) is 0 Å². The number of hydrogen-bond acceptors (Lipinski definition) is 2. The van der Waals surface area contributed by atoms with Crippen LogP contribution in [0.5, 0.6) is 0 Å². The van der Waals surface area contributed by atoms with Gasteiger partial charge in [-0.3, -0.25) is 0 Å². The Balaban J connectivity index is 1.74. The number of esters is 1. The van der Waals surface area contributed by atoms with Crippen LogP contribution in [0, 0.1) is 29.1 Å². The predicted molar refractivity (Wildman–Crippen MR) is 61.7 cm³/mol. The van der Waals surface area contributed by atoms with Gasteiger partial charge >= 0.3 is 5.97 Å². The number of ether oxygens (including phenoxy) is 1. The average molecular weight is 220 g/mol. The van der Waals surface area contributed by atoms with E-state index in [0.29, 0.717) is 22.8 Å². The monoisotopic (exact) mass is 220 g/mol. The first-order valence-corrected chi connectivity index (χ1v) is 6.35. The first kappa shape index (κ1) is 10.4. The molecule has 16 heavy (non-hydrogen) atoms. The van der Waals surface area contributed by atoms with E-state index in [1.807, 2.05) is 0 Å². The van der Waals surface area contributed by atoms with Crippen molar-refractivity contribution in [3.63, 3.8) is 0 Å². The summed E-state index contributed by atoms with van der Waals surface area (Å²) in [6.45, 7) is 10.0. The quantitative estimate of drug-likeness (QED) is 0.540. The van der Waals surface area contributed by atoms with Crippen molar-refractivity contribution >= 4 is 5.97 Å². The fourth-order valence-corrected chi connectivity index (χ4v) is 4.61. The Morgan fingerprint density at radius 2 is 2.19 bits per heavy atom. The molecule has 2 heteroatoms. The molecule has 0 aromatic rings. The van der Waals surface area contributed by atoms with Crippen LogP contribution >= 0.6 is 0 Å². The van der Waals surface area contributed by atoms with Gasteiger partial charge < -0.3 is 4.74 Å². The van der Waals surface area contributed by atoms with Crippen molar-refractivity contribution < 1.29 is 9.53 Å². The number of carbonyl (C=O) groups excluding carboxylic acids is 1. The highest BCUT2D eigenvalue weighted by Gasteiger charge is 2.80. The number of hydrogen-bond donors (Lipinski definition) is 0. The summed E-state index contributed by atoms with van der Waals surface area (Å²) in [5.74, 6) is 2.70. The van der Waals surface area contributed by atoms with Crippen molar-refractivity contribution in [2.24, 2.45) is 29.1 Å². The molecule has 2 nitrogen and oxygen atoms in total. The highest BCUT2D eigenvalue weighted by atomic mass is 16.5. The van der Waals surface area contributed by atoms with E-state index >= 15 is 0 Å². The van der Waals surface area contributed by atoms with Crippen molar-refractivity contribution in [1.82, 2.24) is 0 Å². The summed E-state index contributed by atoms with van der Waals surface area (Å²) < 4.78 is 5.62. The van der Waals surface area contributed by atoms with Gasteiger partial charge in [0.1, 0.15) is 6.10 Å². The van der Waals surface area contributed by atoms with E-state index in [1.165, 1.54) is 12.8 Å². The lowest BCUT2D eigenvalue weighted by atomic mass is 9.90. The van der Waals surface area contributed by atoms with Crippen LogP contribution in [0.1, 0.15) is 33.6 Å². The lowest BCUT2D eigenvalue weighted by Gasteiger charge is -2.16. The van der Waals surface area contributed by atoms with Crippen LogP contribution < -0.4 is 0 Å². The van der Waals surface area contributed by atoms with Crippen LogP contribution in [0.2, 0.25) is 0 Å². The molecule has 4 rings (SSSR count). The number of rotatable bonds is 3. The molecule has 5 unspecified atom stereocenters. The van der Waals surface area contributed by atoms with E-state index in [-0.39, 0.29) is 12.1 Å². The summed E-state index contributed by atoms with van der Waals surface area (Å²) >= 11 is 0. The maximum absolute atomic E-state index is 11.6. The molecule has 0 N–H and O–H groups in total. The van der Waals surface area contributed by atoms with Crippen molar-refractivity contribution in [2.75, 3.05) is 0 Å². The number of carbonyl (C=O) groups is 1. The van der Waals surface area contributed by atoms with E-state index < -0.39 is 0 Å². The zero-order chi connectivity index (χ0) is 11.7. The molecule has 5 atom stereocenters. The third-order valence-electron chi connectivity index (χ3n) is 5.29. The zero-order valence-corrected chi connectivity index (χ0v) is 10.3. The smallest absolute Gasteiger partial charge is 0.333 e. The third-order valence-corrected chi connectivity index (χ3v) is 5.29. The van der Waals surface area contributed by atoms with E-state index in [9.17, 15) is 4.79 Å². The zero-order valence-electron chi connectivity index (χ0n) is 10.3. The predicted octanol–water partition coefficient (Wildman–Crippen LogP) is 2.79. The van der Waals surface area contributed by atoms with Crippen molar-refractivity contribution in [3.8, 4) is 0 Å². The summed E-state index contributed by atoms with van der Waals surface area (Å²) in [6, 6.07) is 0. The average Bonchev–Trinajstić information content (AvgIpc) is 2.56. The van der Waals surface area contributed by atoms with Crippen molar-refractivity contribution in [1.29, 1.82) is 0 Å². The van der Waals surface area contributed by atoms with Gasteiger partial charge in [0.25, 0.3) is 0 Å². The molecule has 4 fully saturated rings. The first-order chi connectivity index (χ1) is 7.48. The van der Waals surface area contributed by atoms with Gasteiger partial charge in [-0.1, -0.05) is 20.4 Å². The maximum Gasteiger partial charge on any atom is 0.333 e. The van der Waals surface area contributed by atoms with Crippen LogP contribution in [0.3, 0.4) is 0 Å². The molecule has 4 bridgehead atoms. The standard InChI is InChI=1S/C14H20O2/c1-7(2)13(15)16-12-9-5-10-11(12)14(10,6-9)8(3)4/h8-12H,1,5-6H2,2-4H3. The van der Waals surface area contributed by atoms with Crippen LogP contribution in [0.4, 0.5) is 0 Å². The fraction of sp³-hybridized carbons (Fsp3) is 0.786. The van der Waals surface area contributed by atoms with Gasteiger partial charge in [-0.2, -0.15) is 0 Å². The Hall–Kier alpha value is -0.790. The molecule has 4 saturated carbocycles. The molecule has 0 spiro atoms. The largest absolute Gasteiger partial charge is 0.458 e. The Bertz CT molecular complexity index is 371. The lowest BCUT2D eigenvalue weighted by molar-refractivity contribution is -0.146. The van der Waals surface area contributed by atoms with E-state index in [0.717, 1.165) is 11.8 Å². The van der Waals surface area contributed by atoms with Gasteiger partial charge in [-0.25, -0.2) is 4.79 Å². The van der Waals surface area contributed by atoms with Crippen LogP contribution in [-0.4, -0.2) is 12.1 Å². The Kier molecular flexibility index (Phi) is 1.88. The van der Waals surface area contributed by atoms with Crippen molar-refractivity contribution in [3.05, 3.63) is 12.2 Å². The summed E-state index contributed by atoms with van der Waals surface area (Å²) in [5, 5.41) is 0. The van der Waals surface area contributed by atoms with Gasteiger partial charge in [0.2, 0.25) is 0 Å². The van der Waals surface area contributed by atoms with Gasteiger partial charge in [-0.15, -0.1) is 0 Å². The normalized spacial score (nSPS) is 47.2. The van der Waals surface area contributed by atoms with Crippen LogP contribution in [-0.2, 0) is 9.53 Å². The molecule has 0 aromatic carbocycles. The Morgan fingerprint density at radius 1 is 1.50 bits per heavy atom. The molecule has 0 amide bonds. The first-order valence-electron chi connectivity index (χ1n) is 6.35. The van der Waals surface area contributed by atoms with Crippen molar-refractivity contribution in [2.45, 2.75) is 39.7 Å². The lowest BCUT2D eigenvalue weighted by Crippen LogP contribution is -2.22. The van der Waals surface area contributed by atoms with Gasteiger partial charge in [-0.05, 0) is 42.9 Å². The molecular weight excluding hydrogens is 200 g/mol. The van der Waals surface area contributed by atoms with Gasteiger partial charge in [0.15, 0.2) is 0 Å². The van der Waals surface area contributed by atoms with E-state index in [4.69, 9.17) is 4.74 Å². The summed E-state index contributed by atoms with van der Waals surface area (Å²) in [6.07, 6.45) is 2.78. The molecule has 0 heterocycles. The minimum Gasteiger partial charge on any atom is -0.458 e. The molecule has 4 aliphatic rings. The second-order valence-electron chi connectivity index (χ2n) is 6.25. The summed E-state index contributed by atoms with van der Waals surface area (Å²) in [7, 11) is 0. The SMILES string of the molecule is C=C(C)C(=O)OC1C2CC3C1C3(C(C)C)C2. The maximum atomic E-state index is 11.6. The minimum absolute atomic E-state index is 0.192. The van der Waals surface area contributed by atoms with Gasteiger partial charge in [0.05, 0.1) is 0 Å². The van der Waals surface area contributed by atoms with E-state index in [2.05, 4.69) is 20.4 Å². The second kappa shape index (κ2) is 2.91. The fourth-order valence-electron chi connectivity index (χ4n) is 4.61. The molecule has 88 valence electrons. The molecule has 0 aromatic heterocycles. The highest BCUT2D eigenvalue weighted by Crippen LogP contribution is 2.82. The second-order valence-corrected chi connectivity index (χ2v) is 6.25. The third kappa shape index (κ3) is 1.01. The van der Waals surface area contributed by atoms with E-state index in [1.54, 1.807) is 6.92 Å². The summed E-state index contributed by atoms with van der Waals surface area (Å²) in [5.41, 5.74) is 1.06. The summed E-state index contributed by atoms with van der Waals surface area (Å²) in [4.78, 5) is 11.6. The minimum atomic E-state index is -0.192. The molecule has 0 radical (unpaired) electrons. The highest BCUT2D eigenvalue weighted by molar-refractivity contribution is 5.87. The molecule has 4 aliphatic carbocycles. The Morgan fingerprint density at radius 3 is 2.62 bits per heavy atom. The molecule has 0 saturated heterocycles. The topological polar surface area (TPSA) is 26.3 Å². The Labute approximate surface area is 97.1 Å². The molecule has 0 aliphatic heterocycles. The van der Waals surface area contributed by atoms with Crippen LogP contribution in [0.15, 0.2) is 12.2 Å². The molecular formula is C14H20O2. The van der Waals surface area contributed by atoms with Gasteiger partial charge in [0, 0.05) is 11.5 Å².